The first-order chi connectivity index (χ1) is 21.9. The fourth-order valence-corrected chi connectivity index (χ4v) is 4.63. The van der Waals surface area contributed by atoms with Crippen LogP contribution in [-0.2, 0) is 24.4 Å². The van der Waals surface area contributed by atoms with Crippen LogP contribution in [0.3, 0.4) is 0 Å². The molecule has 4 amide bonds. The Kier molecular flexibility index (Phi) is 13.3. The molecule has 0 aliphatic heterocycles. The van der Waals surface area contributed by atoms with Gasteiger partial charge in [-0.2, -0.15) is 17.7 Å². The Labute approximate surface area is 273 Å². The molecule has 14 nitrogen and oxygen atoms in total. The number of unbranched alkanes of at least 4 members (excludes halogenated alkanes) is 1. The largest absolute Gasteiger partial charge is 0.379 e. The first-order valence-electron chi connectivity index (χ1n) is 14.3. The third-order valence-electron chi connectivity index (χ3n) is 6.50. The molecule has 0 saturated heterocycles. The van der Waals surface area contributed by atoms with Gasteiger partial charge < -0.3 is 26.6 Å². The number of carbonyl (C=O) groups excluding carboxylic acids is 4. The van der Waals surface area contributed by atoms with E-state index in [4.69, 9.17) is 5.14 Å². The number of thiol groups is 1. The average Bonchev–Trinajstić information content (AvgIpc) is 3.48. The van der Waals surface area contributed by atoms with Crippen molar-refractivity contribution in [3.63, 3.8) is 0 Å². The predicted octanol–water partition coefficient (Wildman–Crippen LogP) is 0.387. The van der Waals surface area contributed by atoms with E-state index in [9.17, 15) is 27.6 Å². The summed E-state index contributed by atoms with van der Waals surface area (Å²) in [5.74, 6) is -1.37. The number of rotatable bonds is 17. The molecular formula is C30H38N8O6S2. The molecule has 0 bridgehead atoms. The third kappa shape index (κ3) is 11.4. The summed E-state index contributed by atoms with van der Waals surface area (Å²) in [6.07, 6.45) is 1.16. The van der Waals surface area contributed by atoms with Crippen molar-refractivity contribution >= 4 is 46.3 Å². The minimum atomic E-state index is -3.86. The Bertz CT molecular complexity index is 1660. The topological polar surface area (TPSA) is 206 Å². The van der Waals surface area contributed by atoms with Gasteiger partial charge >= 0.3 is 0 Å². The number of nitrogens with one attached hydrogen (secondary N) is 5. The standard InChI is InChI=1S/C30H38N8O6S2/c1-20-5-7-22(8-6-20)26-15-25(37-38(26)23-9-11-24(12-10-23)46(31,43)44)30(42)33-14-4-3-13-32-27(39)18-36-28(40)17-34-21(2)16-35-29(41)19-45/h5-12,15,34,45H,2-4,13-14,16-19H2,1H3,(H,32,39)(H,33,42)(H,35,41)(H,36,40)(H2,31,43,44). The fraction of sp³-hybridized carbons (Fsp3) is 0.300. The number of carbonyl (C=O) groups is 4. The van der Waals surface area contributed by atoms with E-state index in [2.05, 4.69) is 50.9 Å². The van der Waals surface area contributed by atoms with Crippen molar-refractivity contribution in [3.05, 3.63) is 78.1 Å². The summed E-state index contributed by atoms with van der Waals surface area (Å²) in [6.45, 7) is 6.22. The Morgan fingerprint density at radius 2 is 1.41 bits per heavy atom. The minimum Gasteiger partial charge on any atom is -0.379 e. The molecule has 246 valence electrons. The second kappa shape index (κ2) is 17.1. The SMILES string of the molecule is C=C(CNC(=O)CS)NCC(=O)NCC(=O)NCCCCNC(=O)c1cc(-c2ccc(C)cc2)n(-c2ccc(S(N)(=O)=O)cc2)n1. The van der Waals surface area contributed by atoms with Crippen LogP contribution in [0.1, 0.15) is 28.9 Å². The minimum absolute atomic E-state index is 0.0388. The maximum Gasteiger partial charge on any atom is 0.271 e. The van der Waals surface area contributed by atoms with Gasteiger partial charge in [-0.15, -0.1) is 0 Å². The number of nitrogens with zero attached hydrogens (tertiary/aromatic N) is 2. The smallest absolute Gasteiger partial charge is 0.271 e. The predicted molar refractivity (Wildman–Crippen MR) is 177 cm³/mol. The molecule has 1 heterocycles. The van der Waals surface area contributed by atoms with Crippen LogP contribution in [0.25, 0.3) is 16.9 Å². The lowest BCUT2D eigenvalue weighted by atomic mass is 10.1. The van der Waals surface area contributed by atoms with Crippen LogP contribution in [0.15, 0.2) is 71.8 Å². The molecule has 0 aliphatic carbocycles. The lowest BCUT2D eigenvalue weighted by Gasteiger charge is -2.11. The summed E-state index contributed by atoms with van der Waals surface area (Å²) in [7, 11) is -3.86. The zero-order valence-corrected chi connectivity index (χ0v) is 27.0. The summed E-state index contributed by atoms with van der Waals surface area (Å²) in [5, 5.41) is 23.1. The maximum absolute atomic E-state index is 13.0. The Morgan fingerprint density at radius 3 is 2.04 bits per heavy atom. The van der Waals surface area contributed by atoms with Gasteiger partial charge in [-0.25, -0.2) is 18.2 Å². The normalized spacial score (nSPS) is 10.9. The number of primary sulfonamides is 1. The maximum atomic E-state index is 13.0. The molecule has 0 spiro atoms. The third-order valence-corrected chi connectivity index (χ3v) is 7.71. The van der Waals surface area contributed by atoms with E-state index in [0.29, 0.717) is 43.0 Å². The highest BCUT2D eigenvalue weighted by Gasteiger charge is 2.17. The van der Waals surface area contributed by atoms with Gasteiger partial charge in [0, 0.05) is 24.4 Å². The van der Waals surface area contributed by atoms with Gasteiger partial charge in [-0.1, -0.05) is 36.4 Å². The number of amides is 4. The lowest BCUT2D eigenvalue weighted by Crippen LogP contribution is -2.41. The quantitative estimate of drug-likeness (QED) is 0.0788. The summed E-state index contributed by atoms with van der Waals surface area (Å²) >= 11 is 3.85. The number of benzene rings is 2. The van der Waals surface area contributed by atoms with Gasteiger partial charge in [-0.05, 0) is 50.1 Å². The van der Waals surface area contributed by atoms with Crippen LogP contribution in [0.2, 0.25) is 0 Å². The fourth-order valence-electron chi connectivity index (χ4n) is 4.00. The number of sulfonamides is 1. The molecule has 0 fully saturated rings. The molecule has 0 aliphatic rings. The molecule has 2 aromatic carbocycles. The monoisotopic (exact) mass is 670 g/mol. The Morgan fingerprint density at radius 1 is 0.826 bits per heavy atom. The van der Waals surface area contributed by atoms with E-state index in [1.807, 2.05) is 31.2 Å². The van der Waals surface area contributed by atoms with Crippen LogP contribution in [-0.4, -0.2) is 80.3 Å². The van der Waals surface area contributed by atoms with E-state index in [1.54, 1.807) is 22.9 Å². The van der Waals surface area contributed by atoms with E-state index in [1.165, 1.54) is 12.1 Å². The first-order valence-corrected chi connectivity index (χ1v) is 16.5. The van der Waals surface area contributed by atoms with Crippen LogP contribution < -0.4 is 31.7 Å². The average molecular weight is 671 g/mol. The van der Waals surface area contributed by atoms with Crippen molar-refractivity contribution in [1.82, 2.24) is 36.4 Å². The van der Waals surface area contributed by atoms with Crippen molar-refractivity contribution in [2.45, 2.75) is 24.7 Å². The highest BCUT2D eigenvalue weighted by Crippen LogP contribution is 2.25. The van der Waals surface area contributed by atoms with Crippen LogP contribution in [0.4, 0.5) is 0 Å². The first kappa shape index (κ1) is 35.8. The van der Waals surface area contributed by atoms with Crippen LogP contribution >= 0.6 is 12.6 Å². The van der Waals surface area contributed by atoms with Gasteiger partial charge in [-0.3, -0.25) is 19.2 Å². The summed E-state index contributed by atoms with van der Waals surface area (Å²) < 4.78 is 24.9. The van der Waals surface area contributed by atoms with Crippen molar-refractivity contribution in [2.24, 2.45) is 5.14 Å². The zero-order valence-electron chi connectivity index (χ0n) is 25.3. The van der Waals surface area contributed by atoms with Gasteiger partial charge in [0.05, 0.1) is 41.7 Å². The molecule has 16 heteroatoms. The number of aromatic nitrogens is 2. The van der Waals surface area contributed by atoms with Gasteiger partial charge in [0.1, 0.15) is 0 Å². The number of nitrogens with two attached hydrogens (primary N) is 1. The van der Waals surface area contributed by atoms with Gasteiger partial charge in [0.2, 0.25) is 27.7 Å². The molecule has 3 aromatic rings. The lowest BCUT2D eigenvalue weighted by molar-refractivity contribution is -0.125. The zero-order chi connectivity index (χ0) is 33.7. The summed E-state index contributed by atoms with van der Waals surface area (Å²) in [5.41, 5.74) is 3.69. The molecular weight excluding hydrogens is 633 g/mol. The van der Waals surface area contributed by atoms with E-state index in [0.717, 1.165) is 11.1 Å². The Balaban J connectivity index is 1.44. The molecule has 46 heavy (non-hydrogen) atoms. The molecule has 3 rings (SSSR count). The molecule has 7 N–H and O–H groups in total. The van der Waals surface area contributed by atoms with E-state index < -0.39 is 15.9 Å². The number of hydrogen-bond acceptors (Lipinski definition) is 9. The summed E-state index contributed by atoms with van der Waals surface area (Å²) in [6, 6.07) is 15.2. The van der Waals surface area contributed by atoms with Crippen LogP contribution in [0.5, 0.6) is 0 Å². The van der Waals surface area contributed by atoms with Crippen molar-refractivity contribution in [3.8, 4) is 16.9 Å². The Hall–Kier alpha value is -4.67. The molecule has 0 saturated carbocycles. The molecule has 1 aromatic heterocycles. The molecule has 0 unspecified atom stereocenters. The molecule has 0 radical (unpaired) electrons. The second-order valence-corrected chi connectivity index (χ2v) is 12.1. The summed E-state index contributed by atoms with van der Waals surface area (Å²) in [4.78, 5) is 48.1. The van der Waals surface area contributed by atoms with Gasteiger partial charge in [0.25, 0.3) is 5.91 Å². The van der Waals surface area contributed by atoms with Gasteiger partial charge in [0.15, 0.2) is 5.69 Å². The van der Waals surface area contributed by atoms with Crippen molar-refractivity contribution in [2.75, 3.05) is 38.5 Å². The second-order valence-electron chi connectivity index (χ2n) is 10.2. The van der Waals surface area contributed by atoms with Crippen molar-refractivity contribution in [1.29, 1.82) is 0 Å². The van der Waals surface area contributed by atoms with E-state index >= 15 is 0 Å². The van der Waals surface area contributed by atoms with E-state index in [-0.39, 0.29) is 53.7 Å². The number of aryl methyl sites for hydroxylation is 1. The number of hydrogen-bond donors (Lipinski definition) is 7. The highest BCUT2D eigenvalue weighted by molar-refractivity contribution is 7.89. The van der Waals surface area contributed by atoms with Crippen LogP contribution in [0, 0.1) is 6.92 Å². The van der Waals surface area contributed by atoms with Crippen molar-refractivity contribution < 1.29 is 27.6 Å². The molecule has 0 atom stereocenters. The highest BCUT2D eigenvalue weighted by atomic mass is 32.2.